The van der Waals surface area contributed by atoms with Crippen LogP contribution in [0.5, 0.6) is 5.88 Å². The van der Waals surface area contributed by atoms with Crippen LogP contribution in [-0.2, 0) is 4.79 Å². The number of carbonyl (C=O) groups is 1. The van der Waals surface area contributed by atoms with Gasteiger partial charge in [-0.2, -0.15) is 4.98 Å². The van der Waals surface area contributed by atoms with E-state index < -0.39 is 17.9 Å². The Morgan fingerprint density at radius 3 is 2.71 bits per heavy atom. The number of ether oxygens (including phenoxy) is 1. The van der Waals surface area contributed by atoms with Crippen LogP contribution in [0.4, 0.5) is 14.5 Å². The van der Waals surface area contributed by atoms with Crippen LogP contribution in [0.1, 0.15) is 38.5 Å². The monoisotopic (exact) mass is 442 g/mol. The fourth-order valence-electron chi connectivity index (χ4n) is 3.42. The minimum absolute atomic E-state index is 0.101. The van der Waals surface area contributed by atoms with E-state index in [9.17, 15) is 13.6 Å². The standard InChI is InChI=1S/C22H20F2N4O2S/c1-3-8-17(29)28-16-12-6-5-9-13(16)19-20(25-22(27-26-19)31-4-2)30-21(28)14-10-7-11-15(23)18(14)24/h5-7,9-12,21H,3-4,8H2,1-2H3/t21-/m1/s1. The Morgan fingerprint density at radius 1 is 1.13 bits per heavy atom. The summed E-state index contributed by atoms with van der Waals surface area (Å²) in [4.78, 5) is 19.0. The molecule has 2 heterocycles. The molecule has 4 rings (SSSR count). The van der Waals surface area contributed by atoms with Crippen molar-refractivity contribution in [3.05, 3.63) is 59.7 Å². The number of para-hydroxylation sites is 1. The summed E-state index contributed by atoms with van der Waals surface area (Å²) >= 11 is 1.37. The summed E-state index contributed by atoms with van der Waals surface area (Å²) in [6.45, 7) is 3.82. The minimum Gasteiger partial charge on any atom is -0.447 e. The molecule has 0 fully saturated rings. The number of rotatable bonds is 5. The molecule has 2 aromatic carbocycles. The molecule has 0 N–H and O–H groups in total. The van der Waals surface area contributed by atoms with Crippen molar-refractivity contribution in [2.45, 2.75) is 38.1 Å². The Balaban J connectivity index is 1.97. The first-order chi connectivity index (χ1) is 15.0. The van der Waals surface area contributed by atoms with E-state index in [0.717, 1.165) is 11.8 Å². The van der Waals surface area contributed by atoms with Crippen molar-refractivity contribution in [1.29, 1.82) is 0 Å². The molecule has 0 spiro atoms. The van der Waals surface area contributed by atoms with Gasteiger partial charge in [0.05, 0.1) is 11.3 Å². The van der Waals surface area contributed by atoms with Gasteiger partial charge in [-0.25, -0.2) is 8.78 Å². The molecule has 0 saturated heterocycles. The van der Waals surface area contributed by atoms with Crippen LogP contribution in [0, 0.1) is 11.6 Å². The number of halogens is 2. The molecule has 0 saturated carbocycles. The summed E-state index contributed by atoms with van der Waals surface area (Å²) in [5.41, 5.74) is 1.29. The van der Waals surface area contributed by atoms with Crippen LogP contribution in [0.25, 0.3) is 11.3 Å². The molecule has 3 aromatic rings. The molecule has 0 aliphatic carbocycles. The number of aromatic nitrogens is 3. The fourth-order valence-corrected chi connectivity index (χ4v) is 3.93. The first kappa shape index (κ1) is 21.2. The molecule has 1 aromatic heterocycles. The van der Waals surface area contributed by atoms with Crippen molar-refractivity contribution < 1.29 is 18.3 Å². The van der Waals surface area contributed by atoms with Gasteiger partial charge in [0.15, 0.2) is 17.3 Å². The highest BCUT2D eigenvalue weighted by Gasteiger charge is 2.37. The average Bonchev–Trinajstić information content (AvgIpc) is 2.90. The number of nitrogens with zero attached hydrogens (tertiary/aromatic N) is 4. The number of anilines is 1. The highest BCUT2D eigenvalue weighted by Crippen LogP contribution is 2.44. The molecule has 160 valence electrons. The molecule has 1 atom stereocenters. The summed E-state index contributed by atoms with van der Waals surface area (Å²) in [6, 6.07) is 10.9. The largest absolute Gasteiger partial charge is 0.447 e. The Hall–Kier alpha value is -3.07. The van der Waals surface area contributed by atoms with E-state index in [0.29, 0.717) is 28.5 Å². The Kier molecular flexibility index (Phi) is 6.13. The number of benzene rings is 2. The van der Waals surface area contributed by atoms with Gasteiger partial charge in [-0.1, -0.05) is 55.9 Å². The summed E-state index contributed by atoms with van der Waals surface area (Å²) in [7, 11) is 0. The topological polar surface area (TPSA) is 68.2 Å². The number of fused-ring (bicyclic) bond motifs is 3. The van der Waals surface area contributed by atoms with E-state index in [1.165, 1.54) is 28.8 Å². The van der Waals surface area contributed by atoms with Crippen LogP contribution >= 0.6 is 11.8 Å². The lowest BCUT2D eigenvalue weighted by atomic mass is 10.1. The maximum absolute atomic E-state index is 14.8. The molecule has 1 aliphatic heterocycles. The van der Waals surface area contributed by atoms with E-state index in [4.69, 9.17) is 4.74 Å². The Labute approximate surface area is 182 Å². The summed E-state index contributed by atoms with van der Waals surface area (Å²) < 4.78 is 35.0. The predicted molar refractivity (Wildman–Crippen MR) is 114 cm³/mol. The second-order valence-corrected chi connectivity index (χ2v) is 8.06. The highest BCUT2D eigenvalue weighted by molar-refractivity contribution is 7.99. The normalized spacial score (nSPS) is 15.0. The number of thioether (sulfide) groups is 1. The van der Waals surface area contributed by atoms with Crippen LogP contribution < -0.4 is 9.64 Å². The number of hydrogen-bond donors (Lipinski definition) is 0. The lowest BCUT2D eigenvalue weighted by molar-refractivity contribution is -0.120. The van der Waals surface area contributed by atoms with Crippen LogP contribution in [0.2, 0.25) is 0 Å². The lowest BCUT2D eigenvalue weighted by Crippen LogP contribution is -2.38. The fraction of sp³-hybridized carbons (Fsp3) is 0.273. The SMILES string of the molecule is CCCC(=O)N1c2ccccc2-c2nnc(SCC)nc2O[C@@H]1c1cccc(F)c1F. The predicted octanol–water partition coefficient (Wildman–Crippen LogP) is 5.15. The summed E-state index contributed by atoms with van der Waals surface area (Å²) in [5, 5.41) is 8.82. The number of hydrogen-bond acceptors (Lipinski definition) is 6. The summed E-state index contributed by atoms with van der Waals surface area (Å²) in [5.74, 6) is -1.55. The lowest BCUT2D eigenvalue weighted by Gasteiger charge is -2.31. The zero-order chi connectivity index (χ0) is 22.0. The first-order valence-electron chi connectivity index (χ1n) is 9.94. The van der Waals surface area contributed by atoms with E-state index in [1.54, 1.807) is 24.3 Å². The van der Waals surface area contributed by atoms with Gasteiger partial charge in [0.2, 0.25) is 23.2 Å². The third kappa shape index (κ3) is 3.97. The molecule has 6 nitrogen and oxygen atoms in total. The molecule has 0 bridgehead atoms. The number of carbonyl (C=O) groups excluding carboxylic acids is 1. The Morgan fingerprint density at radius 2 is 1.94 bits per heavy atom. The molecule has 1 aliphatic rings. The summed E-state index contributed by atoms with van der Waals surface area (Å²) in [6.07, 6.45) is -0.469. The van der Waals surface area contributed by atoms with Gasteiger partial charge in [0.25, 0.3) is 0 Å². The van der Waals surface area contributed by atoms with Crippen molar-refractivity contribution >= 4 is 23.4 Å². The second kappa shape index (κ2) is 8.97. The van der Waals surface area contributed by atoms with Crippen LogP contribution in [-0.4, -0.2) is 26.8 Å². The molecular weight excluding hydrogens is 422 g/mol. The van der Waals surface area contributed by atoms with Gasteiger partial charge in [-0.3, -0.25) is 9.69 Å². The number of amides is 1. The zero-order valence-electron chi connectivity index (χ0n) is 17.0. The van der Waals surface area contributed by atoms with Crippen molar-refractivity contribution in [3.63, 3.8) is 0 Å². The van der Waals surface area contributed by atoms with Crippen molar-refractivity contribution in [2.24, 2.45) is 0 Å². The van der Waals surface area contributed by atoms with Gasteiger partial charge < -0.3 is 4.74 Å². The van der Waals surface area contributed by atoms with Crippen LogP contribution in [0.15, 0.2) is 47.6 Å². The van der Waals surface area contributed by atoms with Gasteiger partial charge in [0, 0.05) is 12.0 Å². The third-order valence-electron chi connectivity index (χ3n) is 4.77. The van der Waals surface area contributed by atoms with E-state index >= 15 is 0 Å². The quantitative estimate of drug-likeness (QED) is 0.509. The highest BCUT2D eigenvalue weighted by atomic mass is 32.2. The molecular formula is C22H20F2N4O2S. The smallest absolute Gasteiger partial charge is 0.247 e. The van der Waals surface area contributed by atoms with Gasteiger partial charge >= 0.3 is 0 Å². The second-order valence-electron chi connectivity index (χ2n) is 6.83. The van der Waals surface area contributed by atoms with Gasteiger partial charge in [-0.15, -0.1) is 10.2 Å². The molecule has 0 unspecified atom stereocenters. The van der Waals surface area contributed by atoms with E-state index in [2.05, 4.69) is 15.2 Å². The average molecular weight is 442 g/mol. The minimum atomic E-state index is -1.26. The van der Waals surface area contributed by atoms with Crippen molar-refractivity contribution in [1.82, 2.24) is 15.2 Å². The maximum Gasteiger partial charge on any atom is 0.247 e. The van der Waals surface area contributed by atoms with Gasteiger partial charge in [0.1, 0.15) is 0 Å². The third-order valence-corrected chi connectivity index (χ3v) is 5.49. The van der Waals surface area contributed by atoms with Crippen molar-refractivity contribution in [2.75, 3.05) is 10.7 Å². The Bertz CT molecular complexity index is 1130. The molecule has 1 amide bonds. The molecule has 0 radical (unpaired) electrons. The molecule has 9 heteroatoms. The van der Waals surface area contributed by atoms with Crippen LogP contribution in [0.3, 0.4) is 0 Å². The van der Waals surface area contributed by atoms with Gasteiger partial charge in [-0.05, 0) is 24.3 Å². The molecule has 31 heavy (non-hydrogen) atoms. The van der Waals surface area contributed by atoms with E-state index in [-0.39, 0.29) is 23.8 Å². The first-order valence-corrected chi connectivity index (χ1v) is 10.9. The van der Waals surface area contributed by atoms with E-state index in [1.807, 2.05) is 13.8 Å². The van der Waals surface area contributed by atoms with Crippen molar-refractivity contribution in [3.8, 4) is 17.1 Å². The zero-order valence-corrected chi connectivity index (χ0v) is 17.8. The maximum atomic E-state index is 14.8.